The van der Waals surface area contributed by atoms with Crippen LogP contribution in [0.4, 0.5) is 0 Å². The molecule has 1 aliphatic heterocycles. The highest BCUT2D eigenvalue weighted by Gasteiger charge is 2.19. The van der Waals surface area contributed by atoms with Gasteiger partial charge in [-0.15, -0.1) is 5.10 Å². The summed E-state index contributed by atoms with van der Waals surface area (Å²) in [7, 11) is 0. The lowest BCUT2D eigenvalue weighted by Gasteiger charge is -2.19. The van der Waals surface area contributed by atoms with Gasteiger partial charge in [-0.1, -0.05) is 0 Å². The number of hydrogen-bond acceptors (Lipinski definition) is 7. The lowest BCUT2D eigenvalue weighted by molar-refractivity contribution is 0.0707. The maximum atomic E-state index is 11.7. The van der Waals surface area contributed by atoms with Crippen LogP contribution in [-0.4, -0.2) is 44.4 Å². The number of carbonyl (C=O) groups is 1. The van der Waals surface area contributed by atoms with Gasteiger partial charge in [0.1, 0.15) is 13.2 Å². The van der Waals surface area contributed by atoms with Gasteiger partial charge in [0.25, 0.3) is 5.91 Å². The SMILES string of the molecule is O=C(NO)c1cc2cc3c(cc2n2nnnc12)OCCO3. The van der Waals surface area contributed by atoms with Crippen molar-refractivity contribution in [3.63, 3.8) is 0 Å². The van der Waals surface area contributed by atoms with Crippen molar-refractivity contribution in [2.75, 3.05) is 13.2 Å². The van der Waals surface area contributed by atoms with Crippen molar-refractivity contribution in [2.24, 2.45) is 0 Å². The zero-order valence-electron chi connectivity index (χ0n) is 10.6. The zero-order valence-corrected chi connectivity index (χ0v) is 10.6. The minimum atomic E-state index is -0.688. The number of hydrogen-bond donors (Lipinski definition) is 2. The molecule has 9 nitrogen and oxygen atoms in total. The standard InChI is InChI=1S/C12H9N5O4/c18-12(14-19)7-3-6-4-9-10(21-2-1-20-9)5-8(6)17-11(7)13-15-16-17/h3-5,19H,1-2H2,(H,14,18). The van der Waals surface area contributed by atoms with Gasteiger partial charge in [-0.2, -0.15) is 4.52 Å². The number of benzene rings is 1. The lowest BCUT2D eigenvalue weighted by Crippen LogP contribution is -2.20. The average Bonchev–Trinajstić information content (AvgIpc) is 3.01. The van der Waals surface area contributed by atoms with E-state index in [1.54, 1.807) is 23.7 Å². The average molecular weight is 287 g/mol. The molecule has 0 saturated carbocycles. The molecule has 9 heteroatoms. The van der Waals surface area contributed by atoms with Crippen molar-refractivity contribution < 1.29 is 19.5 Å². The van der Waals surface area contributed by atoms with Crippen LogP contribution in [-0.2, 0) is 0 Å². The van der Waals surface area contributed by atoms with Crippen molar-refractivity contribution in [3.05, 3.63) is 23.8 Å². The Morgan fingerprint density at radius 1 is 1.24 bits per heavy atom. The Bertz CT molecular complexity index is 875. The van der Waals surface area contributed by atoms with Crippen LogP contribution >= 0.6 is 0 Å². The van der Waals surface area contributed by atoms with Crippen LogP contribution in [0.5, 0.6) is 11.5 Å². The van der Waals surface area contributed by atoms with Gasteiger partial charge < -0.3 is 9.47 Å². The summed E-state index contributed by atoms with van der Waals surface area (Å²) in [4.78, 5) is 11.7. The van der Waals surface area contributed by atoms with Crippen molar-refractivity contribution in [1.82, 2.24) is 25.5 Å². The number of fused-ring (bicyclic) bond motifs is 4. The highest BCUT2D eigenvalue weighted by molar-refractivity contribution is 6.03. The van der Waals surface area contributed by atoms with Gasteiger partial charge >= 0.3 is 0 Å². The number of nitrogens with one attached hydrogen (secondary N) is 1. The van der Waals surface area contributed by atoms with E-state index in [1.165, 1.54) is 4.52 Å². The Labute approximate surface area is 117 Å². The van der Waals surface area contributed by atoms with Crippen LogP contribution in [0.1, 0.15) is 10.4 Å². The first-order valence-corrected chi connectivity index (χ1v) is 6.17. The summed E-state index contributed by atoms with van der Waals surface area (Å²) in [5, 5.41) is 20.8. The maximum absolute atomic E-state index is 11.7. The fourth-order valence-corrected chi connectivity index (χ4v) is 2.36. The van der Waals surface area contributed by atoms with E-state index < -0.39 is 5.91 Å². The number of tetrazole rings is 1. The third-order valence-electron chi connectivity index (χ3n) is 3.28. The van der Waals surface area contributed by atoms with Gasteiger partial charge in [-0.05, 0) is 22.6 Å². The summed E-state index contributed by atoms with van der Waals surface area (Å²) in [6, 6.07) is 5.09. The molecule has 21 heavy (non-hydrogen) atoms. The third-order valence-corrected chi connectivity index (χ3v) is 3.28. The molecule has 4 rings (SSSR count). The van der Waals surface area contributed by atoms with Crippen molar-refractivity contribution in [2.45, 2.75) is 0 Å². The molecule has 1 aromatic carbocycles. The predicted octanol–water partition coefficient (Wildman–Crippen LogP) is 0.168. The number of rotatable bonds is 1. The summed E-state index contributed by atoms with van der Waals surface area (Å²) in [5.74, 6) is 0.507. The van der Waals surface area contributed by atoms with E-state index in [1.807, 2.05) is 0 Å². The van der Waals surface area contributed by atoms with E-state index in [-0.39, 0.29) is 11.2 Å². The summed E-state index contributed by atoms with van der Waals surface area (Å²) >= 11 is 0. The molecule has 3 heterocycles. The molecule has 106 valence electrons. The maximum Gasteiger partial charge on any atom is 0.278 e. The molecular formula is C12H9N5O4. The predicted molar refractivity (Wildman–Crippen MR) is 68.5 cm³/mol. The minimum Gasteiger partial charge on any atom is -0.486 e. The molecule has 0 atom stereocenters. The van der Waals surface area contributed by atoms with E-state index in [0.717, 1.165) is 0 Å². The molecule has 1 aliphatic rings. The quantitative estimate of drug-likeness (QED) is 0.484. The molecule has 0 radical (unpaired) electrons. The number of amides is 1. The van der Waals surface area contributed by atoms with E-state index in [9.17, 15) is 4.79 Å². The number of carbonyl (C=O) groups excluding carboxylic acids is 1. The number of nitrogens with zero attached hydrogens (tertiary/aromatic N) is 4. The fraction of sp³-hybridized carbons (Fsp3) is 0.167. The smallest absolute Gasteiger partial charge is 0.278 e. The molecule has 0 fully saturated rings. The Morgan fingerprint density at radius 3 is 2.76 bits per heavy atom. The van der Waals surface area contributed by atoms with Crippen LogP contribution in [0.25, 0.3) is 16.6 Å². The molecule has 2 N–H and O–H groups in total. The highest BCUT2D eigenvalue weighted by Crippen LogP contribution is 2.35. The van der Waals surface area contributed by atoms with E-state index in [2.05, 4.69) is 15.5 Å². The number of pyridine rings is 1. The van der Waals surface area contributed by atoms with Gasteiger partial charge in [-0.3, -0.25) is 10.0 Å². The molecule has 0 aliphatic carbocycles. The van der Waals surface area contributed by atoms with Crippen LogP contribution in [0.2, 0.25) is 0 Å². The molecular weight excluding hydrogens is 278 g/mol. The Balaban J connectivity index is 2.08. The second-order valence-electron chi connectivity index (χ2n) is 4.47. The minimum absolute atomic E-state index is 0.159. The third kappa shape index (κ3) is 1.68. The largest absolute Gasteiger partial charge is 0.486 e. The molecule has 0 unspecified atom stereocenters. The Hall–Kier alpha value is -2.94. The first-order valence-electron chi connectivity index (χ1n) is 6.17. The molecule has 3 aromatic rings. The second kappa shape index (κ2) is 4.28. The number of hydroxylamine groups is 1. The summed E-state index contributed by atoms with van der Waals surface area (Å²) < 4.78 is 12.5. The highest BCUT2D eigenvalue weighted by atomic mass is 16.6. The molecule has 1 amide bonds. The molecule has 0 saturated heterocycles. The fourth-order valence-electron chi connectivity index (χ4n) is 2.36. The number of ether oxygens (including phenoxy) is 2. The van der Waals surface area contributed by atoms with Gasteiger partial charge in [0, 0.05) is 11.5 Å². The van der Waals surface area contributed by atoms with Crippen LogP contribution in [0.15, 0.2) is 18.2 Å². The first-order chi connectivity index (χ1) is 10.3. The molecule has 0 bridgehead atoms. The lowest BCUT2D eigenvalue weighted by atomic mass is 10.1. The monoisotopic (exact) mass is 287 g/mol. The normalized spacial score (nSPS) is 13.6. The van der Waals surface area contributed by atoms with Gasteiger partial charge in [0.15, 0.2) is 17.1 Å². The van der Waals surface area contributed by atoms with Crippen LogP contribution in [0, 0.1) is 0 Å². The van der Waals surface area contributed by atoms with Gasteiger partial charge in [0.05, 0.1) is 11.1 Å². The Kier molecular flexibility index (Phi) is 2.42. The van der Waals surface area contributed by atoms with E-state index in [0.29, 0.717) is 35.6 Å². The molecule has 0 spiro atoms. The number of aromatic nitrogens is 4. The Morgan fingerprint density at radius 2 is 2.00 bits per heavy atom. The first kappa shape index (κ1) is 11.9. The van der Waals surface area contributed by atoms with Gasteiger partial charge in [-0.25, -0.2) is 5.48 Å². The van der Waals surface area contributed by atoms with E-state index in [4.69, 9.17) is 14.7 Å². The molecule has 2 aromatic heterocycles. The summed E-state index contributed by atoms with van der Waals surface area (Å²) in [6.07, 6.45) is 0. The summed E-state index contributed by atoms with van der Waals surface area (Å²) in [5.41, 5.74) is 2.66. The van der Waals surface area contributed by atoms with Crippen molar-refractivity contribution in [3.8, 4) is 11.5 Å². The summed E-state index contributed by atoms with van der Waals surface area (Å²) in [6.45, 7) is 0.942. The second-order valence-corrected chi connectivity index (χ2v) is 4.47. The van der Waals surface area contributed by atoms with Gasteiger partial charge in [0.2, 0.25) is 0 Å². The van der Waals surface area contributed by atoms with Crippen molar-refractivity contribution >= 4 is 22.5 Å². The van der Waals surface area contributed by atoms with Crippen LogP contribution < -0.4 is 15.0 Å². The zero-order chi connectivity index (χ0) is 14.4. The van der Waals surface area contributed by atoms with Crippen molar-refractivity contribution in [1.29, 1.82) is 0 Å². The van der Waals surface area contributed by atoms with E-state index >= 15 is 0 Å². The topological polar surface area (TPSA) is 111 Å². The van der Waals surface area contributed by atoms with Crippen LogP contribution in [0.3, 0.4) is 0 Å².